The van der Waals surface area contributed by atoms with Crippen molar-refractivity contribution in [3.8, 4) is 0 Å². The first-order valence-electron chi connectivity index (χ1n) is 9.77. The molecule has 2 saturated heterocycles. The fraction of sp³-hybridized carbons (Fsp3) is 0.632. The fourth-order valence-corrected chi connectivity index (χ4v) is 4.44. The van der Waals surface area contributed by atoms with Crippen molar-refractivity contribution >= 4 is 17.8 Å². The third-order valence-corrected chi connectivity index (χ3v) is 6.26. The Morgan fingerprint density at radius 3 is 2.62 bits per heavy atom. The number of imide groups is 1. The van der Waals surface area contributed by atoms with Crippen LogP contribution >= 0.6 is 0 Å². The minimum atomic E-state index is -0.621. The zero-order valence-electron chi connectivity index (χ0n) is 15.5. The molecule has 4 rings (SSSR count). The van der Waals surface area contributed by atoms with Gasteiger partial charge < -0.3 is 10.2 Å². The van der Waals surface area contributed by atoms with E-state index in [1.165, 1.54) is 9.80 Å². The smallest absolute Gasteiger partial charge is 0.323 e. The Hall–Kier alpha value is -2.15. The highest BCUT2D eigenvalue weighted by molar-refractivity contribution is 6.06. The lowest BCUT2D eigenvalue weighted by atomic mass is 9.77. The van der Waals surface area contributed by atoms with Crippen molar-refractivity contribution in [2.45, 2.75) is 38.1 Å². The molecular formula is C19H29N5O2+2. The molecule has 3 fully saturated rings. The molecule has 0 aromatic carbocycles. The Labute approximate surface area is 154 Å². The number of carbonyl (C=O) groups is 2. The number of piperazine rings is 1. The maximum Gasteiger partial charge on any atom is 0.329 e. The van der Waals surface area contributed by atoms with Gasteiger partial charge in [0.05, 0.1) is 6.20 Å². The molecule has 1 aliphatic carbocycles. The summed E-state index contributed by atoms with van der Waals surface area (Å²) in [6.07, 6.45) is 5.52. The van der Waals surface area contributed by atoms with E-state index in [1.54, 1.807) is 0 Å². The average Bonchev–Trinajstić information content (AvgIpc) is 2.90. The third-order valence-electron chi connectivity index (χ3n) is 6.26. The minimum Gasteiger partial charge on any atom is -0.323 e. The predicted octanol–water partition coefficient (Wildman–Crippen LogP) is -0.336. The van der Waals surface area contributed by atoms with Gasteiger partial charge in [0.2, 0.25) is 0 Å². The van der Waals surface area contributed by atoms with Crippen molar-refractivity contribution in [2.24, 2.45) is 5.92 Å². The Bertz CT molecular complexity index is 664. The number of amides is 3. The highest BCUT2D eigenvalue weighted by Gasteiger charge is 2.53. The molecule has 3 amide bonds. The SMILES string of the molecule is CC1CCC2(CC1)NC(=O)N(C[NH+]1CCN(c3cccc[nH+]3)CC1)C2=O. The van der Waals surface area contributed by atoms with Gasteiger partial charge in [-0.1, -0.05) is 13.0 Å². The molecule has 1 saturated carbocycles. The lowest BCUT2D eigenvalue weighted by molar-refractivity contribution is -0.908. The maximum absolute atomic E-state index is 13.0. The van der Waals surface area contributed by atoms with Gasteiger partial charge in [-0.15, -0.1) is 0 Å². The number of urea groups is 1. The zero-order valence-corrected chi connectivity index (χ0v) is 15.5. The van der Waals surface area contributed by atoms with Crippen LogP contribution in [-0.4, -0.2) is 55.2 Å². The number of pyridine rings is 1. The summed E-state index contributed by atoms with van der Waals surface area (Å²) < 4.78 is 0. The number of nitrogens with zero attached hydrogens (tertiary/aromatic N) is 2. The number of rotatable bonds is 3. The van der Waals surface area contributed by atoms with Gasteiger partial charge in [-0.25, -0.2) is 14.7 Å². The van der Waals surface area contributed by atoms with Crippen molar-refractivity contribution in [3.05, 3.63) is 24.4 Å². The van der Waals surface area contributed by atoms with E-state index in [-0.39, 0.29) is 11.9 Å². The number of aromatic amines is 1. The van der Waals surface area contributed by atoms with Crippen LogP contribution in [0.2, 0.25) is 0 Å². The lowest BCUT2D eigenvalue weighted by Crippen LogP contribution is -3.16. The summed E-state index contributed by atoms with van der Waals surface area (Å²) in [5.41, 5.74) is -0.621. The first kappa shape index (κ1) is 17.3. The molecular weight excluding hydrogens is 330 g/mol. The average molecular weight is 359 g/mol. The molecule has 0 unspecified atom stereocenters. The number of H-pyrrole nitrogens is 1. The molecule has 1 aromatic rings. The highest BCUT2D eigenvalue weighted by Crippen LogP contribution is 2.35. The lowest BCUT2D eigenvalue weighted by Gasteiger charge is -2.34. The largest absolute Gasteiger partial charge is 0.329 e. The summed E-state index contributed by atoms with van der Waals surface area (Å²) >= 11 is 0. The number of nitrogens with one attached hydrogen (secondary N) is 3. The molecule has 140 valence electrons. The number of aromatic nitrogens is 1. The van der Waals surface area contributed by atoms with Gasteiger partial charge >= 0.3 is 6.03 Å². The second-order valence-corrected chi connectivity index (χ2v) is 8.07. The van der Waals surface area contributed by atoms with E-state index in [9.17, 15) is 9.59 Å². The summed E-state index contributed by atoms with van der Waals surface area (Å²) in [6.45, 7) is 6.38. The van der Waals surface area contributed by atoms with Gasteiger partial charge in [-0.2, -0.15) is 0 Å². The van der Waals surface area contributed by atoms with Crippen molar-refractivity contribution in [2.75, 3.05) is 37.7 Å². The van der Waals surface area contributed by atoms with Gasteiger partial charge in [0.25, 0.3) is 11.7 Å². The van der Waals surface area contributed by atoms with Crippen LogP contribution in [0.4, 0.5) is 10.6 Å². The van der Waals surface area contributed by atoms with E-state index in [0.29, 0.717) is 12.6 Å². The number of carbonyl (C=O) groups excluding carboxylic acids is 2. The van der Waals surface area contributed by atoms with Crippen LogP contribution in [0.5, 0.6) is 0 Å². The van der Waals surface area contributed by atoms with Crippen LogP contribution in [-0.2, 0) is 4.79 Å². The predicted molar refractivity (Wildman–Crippen MR) is 96.5 cm³/mol. The molecule has 3 N–H and O–H groups in total. The van der Waals surface area contributed by atoms with E-state index in [4.69, 9.17) is 0 Å². The molecule has 1 aromatic heterocycles. The second-order valence-electron chi connectivity index (χ2n) is 8.07. The molecule has 7 heteroatoms. The van der Waals surface area contributed by atoms with E-state index in [0.717, 1.165) is 57.7 Å². The molecule has 0 bridgehead atoms. The monoisotopic (exact) mass is 359 g/mol. The normalized spacial score (nSPS) is 30.1. The molecule has 7 nitrogen and oxygen atoms in total. The maximum atomic E-state index is 13.0. The highest BCUT2D eigenvalue weighted by atomic mass is 16.2. The topological polar surface area (TPSA) is 71.2 Å². The van der Waals surface area contributed by atoms with Gasteiger partial charge in [-0.05, 0) is 37.7 Å². The molecule has 3 aliphatic rings. The second kappa shape index (κ2) is 6.87. The standard InChI is InChI=1S/C19H27N5O2/c1-15-5-7-19(8-6-15)17(25)24(18(26)21-19)14-22-10-12-23(13-11-22)16-4-2-3-9-20-16/h2-4,9,15H,5-8,10-14H2,1H3,(H,21,26)/p+2. The van der Waals surface area contributed by atoms with Crippen LogP contribution in [0, 0.1) is 5.92 Å². The summed E-state index contributed by atoms with van der Waals surface area (Å²) in [5.74, 6) is 1.77. The quantitative estimate of drug-likeness (QED) is 0.726. The van der Waals surface area contributed by atoms with Crippen molar-refractivity contribution in [1.29, 1.82) is 0 Å². The first-order chi connectivity index (χ1) is 12.6. The van der Waals surface area contributed by atoms with Crippen molar-refractivity contribution in [3.63, 3.8) is 0 Å². The summed E-state index contributed by atoms with van der Waals surface area (Å²) in [6, 6.07) is 5.89. The summed E-state index contributed by atoms with van der Waals surface area (Å²) in [5, 5.41) is 3.02. The van der Waals surface area contributed by atoms with E-state index in [2.05, 4.69) is 28.2 Å². The molecule has 26 heavy (non-hydrogen) atoms. The number of hydrogen-bond acceptors (Lipinski definition) is 3. The van der Waals surface area contributed by atoms with E-state index < -0.39 is 5.54 Å². The molecule has 2 aliphatic heterocycles. The number of anilines is 1. The Balaban J connectivity index is 1.35. The number of hydrogen-bond donors (Lipinski definition) is 2. The third kappa shape index (κ3) is 3.16. The van der Waals surface area contributed by atoms with Crippen LogP contribution < -0.4 is 20.1 Å². The summed E-state index contributed by atoms with van der Waals surface area (Å²) in [7, 11) is 0. The van der Waals surface area contributed by atoms with Gasteiger partial charge in [-0.3, -0.25) is 9.69 Å². The number of quaternary nitrogens is 1. The van der Waals surface area contributed by atoms with Gasteiger partial charge in [0.1, 0.15) is 31.7 Å². The summed E-state index contributed by atoms with van der Waals surface area (Å²) in [4.78, 5) is 33.8. The Kier molecular flexibility index (Phi) is 4.56. The van der Waals surface area contributed by atoms with Crippen LogP contribution in [0.3, 0.4) is 0 Å². The van der Waals surface area contributed by atoms with E-state index in [1.807, 2.05) is 18.3 Å². The first-order valence-corrected chi connectivity index (χ1v) is 9.77. The van der Waals surface area contributed by atoms with E-state index >= 15 is 0 Å². The van der Waals surface area contributed by atoms with Crippen LogP contribution in [0.15, 0.2) is 24.4 Å². The van der Waals surface area contributed by atoms with Gasteiger partial charge in [0, 0.05) is 6.07 Å². The Morgan fingerprint density at radius 1 is 1.23 bits per heavy atom. The minimum absolute atomic E-state index is 0.000669. The van der Waals surface area contributed by atoms with Crippen LogP contribution in [0.25, 0.3) is 0 Å². The molecule has 0 atom stereocenters. The molecule has 0 radical (unpaired) electrons. The van der Waals surface area contributed by atoms with Crippen molar-refractivity contribution < 1.29 is 19.5 Å². The van der Waals surface area contributed by atoms with Crippen molar-refractivity contribution in [1.82, 2.24) is 10.2 Å². The van der Waals surface area contributed by atoms with Crippen LogP contribution in [0.1, 0.15) is 32.6 Å². The van der Waals surface area contributed by atoms with Gasteiger partial charge in [0.15, 0.2) is 6.67 Å². The molecule has 1 spiro atoms. The Morgan fingerprint density at radius 2 is 1.96 bits per heavy atom. The zero-order chi connectivity index (χ0) is 18.1. The molecule has 3 heterocycles. The fourth-order valence-electron chi connectivity index (χ4n) is 4.44.